The maximum atomic E-state index is 13.9. The van der Waals surface area contributed by atoms with Gasteiger partial charge in [0.05, 0.1) is 5.52 Å². The van der Waals surface area contributed by atoms with E-state index in [4.69, 9.17) is 23.2 Å². The summed E-state index contributed by atoms with van der Waals surface area (Å²) in [5.74, 6) is 0.107. The first-order valence-corrected chi connectivity index (χ1v) is 15.0. The van der Waals surface area contributed by atoms with Gasteiger partial charge in [0.25, 0.3) is 0 Å². The number of piperidine rings is 1. The van der Waals surface area contributed by atoms with Crippen molar-refractivity contribution in [2.75, 3.05) is 6.54 Å². The normalized spacial score (nSPS) is 20.7. The summed E-state index contributed by atoms with van der Waals surface area (Å²) in [4.78, 5) is 50.2. The van der Waals surface area contributed by atoms with Crippen LogP contribution < -0.4 is 5.32 Å². The minimum Gasteiger partial charge on any atom is -0.354 e. The number of aryl methyl sites for hydroxylation is 2. The van der Waals surface area contributed by atoms with Crippen LogP contribution in [0.2, 0.25) is 10.0 Å². The van der Waals surface area contributed by atoms with Gasteiger partial charge in [0.2, 0.25) is 11.8 Å². The van der Waals surface area contributed by atoms with Gasteiger partial charge in [-0.25, -0.2) is 9.97 Å². The second-order valence-electron chi connectivity index (χ2n) is 11.9. The number of carbonyl (C=O) groups is 3. The van der Waals surface area contributed by atoms with Crippen molar-refractivity contribution < 1.29 is 14.4 Å². The third-order valence-electron chi connectivity index (χ3n) is 8.70. The van der Waals surface area contributed by atoms with Crippen molar-refractivity contribution in [2.45, 2.75) is 65.6 Å². The van der Waals surface area contributed by atoms with Gasteiger partial charge in [0.1, 0.15) is 24.1 Å². The van der Waals surface area contributed by atoms with E-state index in [1.807, 2.05) is 32.0 Å². The number of benzene rings is 2. The van der Waals surface area contributed by atoms with Crippen LogP contribution in [0.1, 0.15) is 54.1 Å². The van der Waals surface area contributed by atoms with E-state index in [1.54, 1.807) is 34.1 Å². The summed E-state index contributed by atoms with van der Waals surface area (Å²) in [6.07, 6.45) is 5.52. The Balaban J connectivity index is 1.23. The van der Waals surface area contributed by atoms with Crippen LogP contribution in [0.25, 0.3) is 22.0 Å². The number of hydrogen-bond donors (Lipinski definition) is 1. The average molecular weight is 620 g/mol. The van der Waals surface area contributed by atoms with E-state index in [1.165, 1.54) is 6.92 Å². The lowest BCUT2D eigenvalue weighted by Gasteiger charge is -2.27. The molecule has 0 spiro atoms. The molecule has 2 aromatic carbocycles. The molecule has 11 heteroatoms. The highest BCUT2D eigenvalue weighted by molar-refractivity contribution is 6.35. The minimum absolute atomic E-state index is 0.00444. The highest BCUT2D eigenvalue weighted by atomic mass is 35.5. The van der Waals surface area contributed by atoms with Crippen molar-refractivity contribution in [1.29, 1.82) is 0 Å². The summed E-state index contributed by atoms with van der Waals surface area (Å²) in [6.45, 7) is 7.66. The number of Topliss-reactive ketones (excluding diaryl/α,β-unsaturated/α-hetero) is 1. The van der Waals surface area contributed by atoms with Gasteiger partial charge in [0, 0.05) is 52.9 Å². The molecule has 4 aromatic rings. The second-order valence-corrected chi connectivity index (χ2v) is 12.8. The molecular weight excluding hydrogens is 587 g/mol. The topological polar surface area (TPSA) is 110 Å². The number of nitrogens with zero attached hydrogens (tertiary/aromatic N) is 5. The largest absolute Gasteiger partial charge is 0.354 e. The maximum absolute atomic E-state index is 13.9. The Morgan fingerprint density at radius 1 is 1.05 bits per heavy atom. The molecule has 0 unspecified atom stereocenters. The van der Waals surface area contributed by atoms with Gasteiger partial charge in [-0.15, -0.1) is 0 Å². The number of likely N-dealkylation sites (tertiary alicyclic amines) is 1. The molecule has 2 aliphatic rings. The predicted octanol–water partition coefficient (Wildman–Crippen LogP) is 5.36. The van der Waals surface area contributed by atoms with Gasteiger partial charge >= 0.3 is 0 Å². The average Bonchev–Trinajstić information content (AvgIpc) is 3.30. The van der Waals surface area contributed by atoms with Gasteiger partial charge in [-0.2, -0.15) is 5.10 Å². The molecular formula is C32H32Cl2N6O3. The fraction of sp³-hybridized carbons (Fsp3) is 0.375. The zero-order valence-corrected chi connectivity index (χ0v) is 26.0. The van der Waals surface area contributed by atoms with Crippen LogP contribution in [-0.2, 0) is 22.6 Å². The number of ketones is 1. The first-order valence-electron chi connectivity index (χ1n) is 14.3. The Hall–Kier alpha value is -3.82. The summed E-state index contributed by atoms with van der Waals surface area (Å²) in [5, 5.41) is 9.39. The maximum Gasteiger partial charge on any atom is 0.245 e. The SMILES string of the molecule is CC(=O)c1nn(CC(=O)N2[C@H](C(=O)NCCc3ccc(Cl)cc3Cl)C[C@@]3(C)C[C@@H]23)c2c(C)cc(-c3cnc(C)nc3)cc12. The van der Waals surface area contributed by atoms with E-state index in [2.05, 4.69) is 27.3 Å². The number of nitrogens with one attached hydrogen (secondary N) is 1. The zero-order chi connectivity index (χ0) is 30.6. The molecule has 3 heterocycles. The molecule has 1 saturated carbocycles. The van der Waals surface area contributed by atoms with E-state index >= 15 is 0 Å². The summed E-state index contributed by atoms with van der Waals surface area (Å²) in [5.41, 5.74) is 4.39. The quantitative estimate of drug-likeness (QED) is 0.266. The number of carbonyl (C=O) groups excluding carboxylic acids is 3. The lowest BCUT2D eigenvalue weighted by Crippen LogP contribution is -2.49. The number of hydrogen-bond acceptors (Lipinski definition) is 6. The van der Waals surface area contributed by atoms with Gasteiger partial charge < -0.3 is 10.2 Å². The van der Waals surface area contributed by atoms with Crippen molar-refractivity contribution in [2.24, 2.45) is 5.41 Å². The van der Waals surface area contributed by atoms with Crippen LogP contribution in [0.3, 0.4) is 0 Å². The lowest BCUT2D eigenvalue weighted by molar-refractivity contribution is -0.140. The monoisotopic (exact) mass is 618 g/mol. The first kappa shape index (κ1) is 29.3. The van der Waals surface area contributed by atoms with Gasteiger partial charge in [0.15, 0.2) is 5.78 Å². The molecule has 1 saturated heterocycles. The van der Waals surface area contributed by atoms with Crippen molar-refractivity contribution in [3.63, 3.8) is 0 Å². The third-order valence-corrected chi connectivity index (χ3v) is 9.29. The number of amides is 2. The fourth-order valence-corrected chi connectivity index (χ4v) is 6.85. The van der Waals surface area contributed by atoms with E-state index in [0.29, 0.717) is 51.9 Å². The molecule has 0 bridgehead atoms. The lowest BCUT2D eigenvalue weighted by atomic mass is 10.0. The Kier molecular flexibility index (Phi) is 7.50. The van der Waals surface area contributed by atoms with E-state index < -0.39 is 6.04 Å². The molecule has 1 N–H and O–H groups in total. The molecule has 2 amide bonds. The minimum atomic E-state index is -0.569. The molecule has 9 nitrogen and oxygen atoms in total. The smallest absolute Gasteiger partial charge is 0.245 e. The van der Waals surface area contributed by atoms with Crippen molar-refractivity contribution in [3.8, 4) is 11.1 Å². The fourth-order valence-electron chi connectivity index (χ4n) is 6.34. The molecule has 1 aliphatic carbocycles. The second kappa shape index (κ2) is 11.0. The van der Waals surface area contributed by atoms with E-state index in [-0.39, 0.29) is 35.6 Å². The third kappa shape index (κ3) is 5.52. The number of halogens is 2. The number of aromatic nitrogens is 4. The molecule has 2 aromatic heterocycles. The van der Waals surface area contributed by atoms with Crippen LogP contribution in [0.5, 0.6) is 0 Å². The van der Waals surface area contributed by atoms with Crippen molar-refractivity contribution >= 4 is 51.7 Å². The summed E-state index contributed by atoms with van der Waals surface area (Å²) >= 11 is 12.3. The molecule has 222 valence electrons. The van der Waals surface area contributed by atoms with E-state index in [9.17, 15) is 14.4 Å². The van der Waals surface area contributed by atoms with Crippen LogP contribution in [0.15, 0.2) is 42.7 Å². The number of fused-ring (bicyclic) bond motifs is 2. The summed E-state index contributed by atoms with van der Waals surface area (Å²) < 4.78 is 1.61. The Morgan fingerprint density at radius 3 is 2.49 bits per heavy atom. The van der Waals surface area contributed by atoms with Crippen LogP contribution >= 0.6 is 23.2 Å². The summed E-state index contributed by atoms with van der Waals surface area (Å²) in [7, 11) is 0. The highest BCUT2D eigenvalue weighted by Crippen LogP contribution is 2.59. The van der Waals surface area contributed by atoms with E-state index in [0.717, 1.165) is 28.7 Å². The molecule has 6 rings (SSSR count). The van der Waals surface area contributed by atoms with Crippen LogP contribution in [0.4, 0.5) is 0 Å². The molecule has 0 radical (unpaired) electrons. The van der Waals surface area contributed by atoms with Crippen molar-refractivity contribution in [3.05, 3.63) is 75.4 Å². The van der Waals surface area contributed by atoms with Crippen LogP contribution in [0, 0.1) is 19.3 Å². The Morgan fingerprint density at radius 2 is 1.79 bits per heavy atom. The molecule has 43 heavy (non-hydrogen) atoms. The van der Waals surface area contributed by atoms with Gasteiger partial charge in [-0.3, -0.25) is 19.1 Å². The number of rotatable bonds is 8. The Labute approximate surface area is 259 Å². The molecule has 1 aliphatic heterocycles. The molecule has 2 fully saturated rings. The van der Waals surface area contributed by atoms with Crippen molar-refractivity contribution in [1.82, 2.24) is 30.0 Å². The van der Waals surface area contributed by atoms with Gasteiger partial charge in [-0.1, -0.05) is 36.2 Å². The standard InChI is InChI=1S/C32H32Cl2N6O3/c1-17-9-21(22-14-36-19(3)37-15-22)10-24-29(18(2)41)38-39(30(17)24)16-28(42)40-26(12-32(4)13-27(32)40)31(43)35-8-7-20-5-6-23(33)11-25(20)34/h5-6,9-11,14-15,26-27H,7-8,12-13,16H2,1-4H3,(H,35,43)/t26-,27+,32-/m0/s1. The Bertz CT molecular complexity index is 1790. The first-order chi connectivity index (χ1) is 20.4. The molecule has 3 atom stereocenters. The predicted molar refractivity (Wildman–Crippen MR) is 165 cm³/mol. The van der Waals surface area contributed by atoms with Gasteiger partial charge in [-0.05, 0) is 79.5 Å². The summed E-state index contributed by atoms with van der Waals surface area (Å²) in [6, 6.07) is 8.62. The zero-order valence-electron chi connectivity index (χ0n) is 24.4. The van der Waals surface area contributed by atoms with Crippen LogP contribution in [-0.4, -0.2) is 60.9 Å². The highest BCUT2D eigenvalue weighted by Gasteiger charge is 2.64.